The molecule has 1 aliphatic heterocycles. The van der Waals surface area contributed by atoms with Gasteiger partial charge in [-0.1, -0.05) is 29.8 Å². The first-order valence-electron chi connectivity index (χ1n) is 9.85. The van der Waals surface area contributed by atoms with Crippen LogP contribution in [0.5, 0.6) is 11.5 Å². The fourth-order valence-corrected chi connectivity index (χ4v) is 3.84. The van der Waals surface area contributed by atoms with Crippen molar-refractivity contribution in [1.29, 1.82) is 0 Å². The van der Waals surface area contributed by atoms with E-state index in [1.54, 1.807) is 14.2 Å². The maximum Gasteiger partial charge on any atom is 0.188 e. The molecule has 2 aromatic carbocycles. The maximum atomic E-state index is 6.22. The van der Waals surface area contributed by atoms with E-state index >= 15 is 0 Å². The molecule has 1 heterocycles. The third kappa shape index (κ3) is 5.78. The lowest BCUT2D eigenvalue weighted by molar-refractivity contribution is 0.245. The van der Waals surface area contributed by atoms with Crippen molar-refractivity contribution in [2.24, 2.45) is 10.7 Å². The number of nitrogens with one attached hydrogen (secondary N) is 1. The van der Waals surface area contributed by atoms with Gasteiger partial charge in [0, 0.05) is 11.6 Å². The van der Waals surface area contributed by atoms with Crippen molar-refractivity contribution < 1.29 is 9.47 Å². The smallest absolute Gasteiger partial charge is 0.188 e. The van der Waals surface area contributed by atoms with Crippen molar-refractivity contribution in [3.63, 3.8) is 0 Å². The molecular weight excluding hydrogens is 388 g/mol. The van der Waals surface area contributed by atoms with Crippen LogP contribution in [0.2, 0.25) is 5.02 Å². The van der Waals surface area contributed by atoms with Gasteiger partial charge in [-0.25, -0.2) is 4.99 Å². The number of ether oxygens (including phenoxy) is 2. The Labute approximate surface area is 177 Å². The highest BCUT2D eigenvalue weighted by atomic mass is 35.5. The van der Waals surface area contributed by atoms with Crippen LogP contribution in [0.1, 0.15) is 30.0 Å². The zero-order valence-electron chi connectivity index (χ0n) is 17.0. The number of halogens is 1. The number of likely N-dealkylation sites (tertiary alicyclic amines) is 1. The van der Waals surface area contributed by atoms with Crippen LogP contribution in [0.15, 0.2) is 47.5 Å². The van der Waals surface area contributed by atoms with Crippen LogP contribution >= 0.6 is 11.6 Å². The second kappa shape index (κ2) is 10.4. The van der Waals surface area contributed by atoms with E-state index in [1.165, 1.54) is 18.4 Å². The Morgan fingerprint density at radius 2 is 1.90 bits per heavy atom. The molecule has 3 rings (SSSR count). The van der Waals surface area contributed by atoms with Gasteiger partial charge in [0.2, 0.25) is 0 Å². The van der Waals surface area contributed by atoms with Gasteiger partial charge in [0.25, 0.3) is 0 Å². The monoisotopic (exact) mass is 416 g/mol. The summed E-state index contributed by atoms with van der Waals surface area (Å²) in [6.45, 7) is 3.31. The Balaban J connectivity index is 1.64. The minimum absolute atomic E-state index is 0.214. The van der Waals surface area contributed by atoms with Crippen molar-refractivity contribution in [3.8, 4) is 11.5 Å². The number of guanidine groups is 1. The lowest BCUT2D eigenvalue weighted by Crippen LogP contribution is -2.40. The van der Waals surface area contributed by atoms with E-state index in [1.807, 2.05) is 36.4 Å². The number of hydrogen-bond donors (Lipinski definition) is 2. The molecule has 1 atom stereocenters. The molecule has 1 aliphatic rings. The molecule has 0 aliphatic carbocycles. The summed E-state index contributed by atoms with van der Waals surface area (Å²) in [6.07, 6.45) is 2.44. The SMILES string of the molecule is COc1ccc(CN=C(N)NCC(c2cccc(Cl)c2)N2CCCC2)cc1OC. The third-order valence-electron chi connectivity index (χ3n) is 5.17. The van der Waals surface area contributed by atoms with Gasteiger partial charge >= 0.3 is 0 Å². The van der Waals surface area contributed by atoms with E-state index in [2.05, 4.69) is 21.3 Å². The van der Waals surface area contributed by atoms with Crippen molar-refractivity contribution in [2.75, 3.05) is 33.9 Å². The molecule has 7 heteroatoms. The fourth-order valence-electron chi connectivity index (χ4n) is 3.64. The van der Waals surface area contributed by atoms with Crippen molar-refractivity contribution in [3.05, 3.63) is 58.6 Å². The third-order valence-corrected chi connectivity index (χ3v) is 5.41. The second-order valence-electron chi connectivity index (χ2n) is 7.09. The van der Waals surface area contributed by atoms with Gasteiger partial charge in [0.15, 0.2) is 17.5 Å². The Morgan fingerprint density at radius 3 is 2.59 bits per heavy atom. The van der Waals surface area contributed by atoms with Gasteiger partial charge < -0.3 is 20.5 Å². The summed E-state index contributed by atoms with van der Waals surface area (Å²) in [5.74, 6) is 1.80. The molecule has 2 aromatic rings. The van der Waals surface area contributed by atoms with Gasteiger partial charge in [-0.2, -0.15) is 0 Å². The number of nitrogens with two attached hydrogens (primary N) is 1. The van der Waals surface area contributed by atoms with E-state index in [4.69, 9.17) is 26.8 Å². The summed E-state index contributed by atoms with van der Waals surface area (Å²) < 4.78 is 10.6. The maximum absolute atomic E-state index is 6.22. The van der Waals surface area contributed by atoms with E-state index in [0.717, 1.165) is 23.7 Å². The number of nitrogens with zero attached hydrogens (tertiary/aromatic N) is 2. The summed E-state index contributed by atoms with van der Waals surface area (Å²) in [5, 5.41) is 4.04. The summed E-state index contributed by atoms with van der Waals surface area (Å²) in [7, 11) is 3.24. The number of benzene rings is 2. The van der Waals surface area contributed by atoms with Crippen molar-refractivity contribution in [1.82, 2.24) is 10.2 Å². The molecule has 3 N–H and O–H groups in total. The molecule has 0 aromatic heterocycles. The van der Waals surface area contributed by atoms with E-state index in [-0.39, 0.29) is 6.04 Å². The number of methoxy groups -OCH3 is 2. The van der Waals surface area contributed by atoms with Gasteiger partial charge in [0.05, 0.1) is 26.8 Å². The van der Waals surface area contributed by atoms with Crippen LogP contribution in [0.3, 0.4) is 0 Å². The predicted octanol–water partition coefficient (Wildman–Crippen LogP) is 3.60. The van der Waals surface area contributed by atoms with Gasteiger partial charge in [0.1, 0.15) is 0 Å². The predicted molar refractivity (Wildman–Crippen MR) is 118 cm³/mol. The minimum atomic E-state index is 0.214. The van der Waals surface area contributed by atoms with Crippen LogP contribution in [-0.2, 0) is 6.54 Å². The summed E-state index contributed by atoms with van der Waals surface area (Å²) in [4.78, 5) is 6.95. The molecule has 156 valence electrons. The molecule has 1 fully saturated rings. The van der Waals surface area contributed by atoms with E-state index in [9.17, 15) is 0 Å². The first-order chi connectivity index (χ1) is 14.1. The molecule has 0 bridgehead atoms. The van der Waals surface area contributed by atoms with Crippen LogP contribution < -0.4 is 20.5 Å². The summed E-state index contributed by atoms with van der Waals surface area (Å²) in [5.41, 5.74) is 8.33. The first kappa shape index (κ1) is 21.3. The van der Waals surface area contributed by atoms with Gasteiger partial charge in [-0.15, -0.1) is 0 Å². The largest absolute Gasteiger partial charge is 0.493 e. The molecular formula is C22H29ClN4O2. The normalized spacial score (nSPS) is 15.9. The molecule has 0 amide bonds. The second-order valence-corrected chi connectivity index (χ2v) is 7.52. The van der Waals surface area contributed by atoms with E-state index < -0.39 is 0 Å². The lowest BCUT2D eigenvalue weighted by Gasteiger charge is -2.28. The van der Waals surface area contributed by atoms with Crippen LogP contribution in [0.25, 0.3) is 0 Å². The van der Waals surface area contributed by atoms with Crippen LogP contribution in [0.4, 0.5) is 0 Å². The van der Waals surface area contributed by atoms with E-state index in [0.29, 0.717) is 30.5 Å². The lowest BCUT2D eigenvalue weighted by atomic mass is 10.1. The summed E-state index contributed by atoms with van der Waals surface area (Å²) >= 11 is 6.22. The highest BCUT2D eigenvalue weighted by Crippen LogP contribution is 2.28. The summed E-state index contributed by atoms with van der Waals surface area (Å²) in [6, 6.07) is 14.0. The Kier molecular flexibility index (Phi) is 7.61. The highest BCUT2D eigenvalue weighted by molar-refractivity contribution is 6.30. The zero-order valence-corrected chi connectivity index (χ0v) is 17.8. The van der Waals surface area contributed by atoms with Gasteiger partial charge in [-0.05, 0) is 61.3 Å². The topological polar surface area (TPSA) is 72.1 Å². The van der Waals surface area contributed by atoms with Crippen LogP contribution in [0, 0.1) is 0 Å². The highest BCUT2D eigenvalue weighted by Gasteiger charge is 2.23. The number of rotatable bonds is 8. The Hall–Kier alpha value is -2.44. The quantitative estimate of drug-likeness (QED) is 0.508. The average molecular weight is 417 g/mol. The van der Waals surface area contributed by atoms with Crippen LogP contribution in [-0.4, -0.2) is 44.7 Å². The number of aliphatic imine (C=N–C) groups is 1. The number of hydrogen-bond acceptors (Lipinski definition) is 4. The van der Waals surface area contributed by atoms with Crippen molar-refractivity contribution in [2.45, 2.75) is 25.4 Å². The zero-order chi connectivity index (χ0) is 20.6. The van der Waals surface area contributed by atoms with Gasteiger partial charge in [-0.3, -0.25) is 4.90 Å². The van der Waals surface area contributed by atoms with Crippen molar-refractivity contribution >= 4 is 17.6 Å². The molecule has 1 unspecified atom stereocenters. The average Bonchev–Trinajstić information content (AvgIpc) is 3.26. The Bertz CT molecular complexity index is 837. The molecule has 0 saturated carbocycles. The molecule has 6 nitrogen and oxygen atoms in total. The minimum Gasteiger partial charge on any atom is -0.493 e. The molecule has 29 heavy (non-hydrogen) atoms. The fraction of sp³-hybridized carbons (Fsp3) is 0.409. The molecule has 0 spiro atoms. The molecule has 1 saturated heterocycles. The first-order valence-corrected chi connectivity index (χ1v) is 10.2. The molecule has 0 radical (unpaired) electrons. The standard InChI is InChI=1S/C22H29ClN4O2/c1-28-20-9-8-16(12-21(20)29-2)14-25-22(24)26-15-19(27-10-3-4-11-27)17-6-5-7-18(23)13-17/h5-9,12-13,19H,3-4,10-11,14-15H2,1-2H3,(H3,24,25,26). The Morgan fingerprint density at radius 1 is 1.14 bits per heavy atom.